The standard InChI is InChI=1S/C19H26N2O3/c1-14(22)16-8-7-11-18(12-16)21(15(2)23)13-19(24)20-17-9-5-3-4-6-10-17/h7-8,11-12,17H,3-6,9-10,13H2,1-2H3,(H,20,24). The first-order chi connectivity index (χ1) is 11.5. The van der Waals surface area contributed by atoms with Crippen molar-refractivity contribution in [1.29, 1.82) is 0 Å². The van der Waals surface area contributed by atoms with Crippen LogP contribution in [0.2, 0.25) is 0 Å². The summed E-state index contributed by atoms with van der Waals surface area (Å²) in [6.07, 6.45) is 6.74. The first kappa shape index (κ1) is 18.2. The van der Waals surface area contributed by atoms with Crippen molar-refractivity contribution in [3.63, 3.8) is 0 Å². The van der Waals surface area contributed by atoms with Gasteiger partial charge in [-0.1, -0.05) is 37.8 Å². The van der Waals surface area contributed by atoms with Gasteiger partial charge in [0, 0.05) is 24.2 Å². The number of hydrogen-bond acceptors (Lipinski definition) is 3. The zero-order valence-electron chi connectivity index (χ0n) is 14.5. The van der Waals surface area contributed by atoms with E-state index in [1.54, 1.807) is 24.3 Å². The van der Waals surface area contributed by atoms with Gasteiger partial charge >= 0.3 is 0 Å². The van der Waals surface area contributed by atoms with E-state index >= 15 is 0 Å². The van der Waals surface area contributed by atoms with Gasteiger partial charge in [0.1, 0.15) is 6.54 Å². The Balaban J connectivity index is 2.05. The van der Waals surface area contributed by atoms with Crippen molar-refractivity contribution < 1.29 is 14.4 Å². The summed E-state index contributed by atoms with van der Waals surface area (Å²) in [6.45, 7) is 2.89. The van der Waals surface area contributed by atoms with E-state index in [9.17, 15) is 14.4 Å². The van der Waals surface area contributed by atoms with Crippen molar-refractivity contribution in [2.75, 3.05) is 11.4 Å². The number of benzene rings is 1. The van der Waals surface area contributed by atoms with Gasteiger partial charge in [-0.2, -0.15) is 0 Å². The molecule has 2 amide bonds. The van der Waals surface area contributed by atoms with Crippen LogP contribution < -0.4 is 10.2 Å². The van der Waals surface area contributed by atoms with E-state index in [1.807, 2.05) is 0 Å². The third-order valence-corrected chi connectivity index (χ3v) is 4.47. The van der Waals surface area contributed by atoms with E-state index in [0.29, 0.717) is 11.3 Å². The second kappa shape index (κ2) is 8.62. The first-order valence-electron chi connectivity index (χ1n) is 8.66. The van der Waals surface area contributed by atoms with E-state index in [1.165, 1.54) is 31.6 Å². The van der Waals surface area contributed by atoms with Gasteiger partial charge in [0.2, 0.25) is 11.8 Å². The molecule has 24 heavy (non-hydrogen) atoms. The molecular formula is C19H26N2O3. The fourth-order valence-electron chi connectivity index (χ4n) is 3.12. The fraction of sp³-hybridized carbons (Fsp3) is 0.526. The zero-order valence-corrected chi connectivity index (χ0v) is 14.5. The van der Waals surface area contributed by atoms with Crippen LogP contribution in [0, 0.1) is 0 Å². The Bertz CT molecular complexity index is 604. The highest BCUT2D eigenvalue weighted by Crippen LogP contribution is 2.19. The van der Waals surface area contributed by atoms with Crippen LogP contribution in [-0.2, 0) is 9.59 Å². The van der Waals surface area contributed by atoms with Crippen LogP contribution in [0.15, 0.2) is 24.3 Å². The highest BCUT2D eigenvalue weighted by Gasteiger charge is 2.20. The van der Waals surface area contributed by atoms with Gasteiger partial charge in [0.05, 0.1) is 0 Å². The number of hydrogen-bond donors (Lipinski definition) is 1. The highest BCUT2D eigenvalue weighted by atomic mass is 16.2. The molecule has 130 valence electrons. The number of ketones is 1. The number of rotatable bonds is 5. The quantitative estimate of drug-likeness (QED) is 0.666. The van der Waals surface area contributed by atoms with Crippen LogP contribution in [0.4, 0.5) is 5.69 Å². The number of Topliss-reactive ketones (excluding diaryl/α,β-unsaturated/α-hetero) is 1. The molecule has 1 aliphatic rings. The molecule has 0 atom stereocenters. The molecule has 0 aliphatic heterocycles. The molecule has 1 aromatic rings. The summed E-state index contributed by atoms with van der Waals surface area (Å²) >= 11 is 0. The largest absolute Gasteiger partial charge is 0.352 e. The van der Waals surface area contributed by atoms with Crippen LogP contribution in [0.3, 0.4) is 0 Å². The predicted molar refractivity (Wildman–Crippen MR) is 94.1 cm³/mol. The van der Waals surface area contributed by atoms with Gasteiger partial charge < -0.3 is 10.2 Å². The van der Waals surface area contributed by atoms with Gasteiger partial charge in [-0.05, 0) is 31.9 Å². The molecule has 0 heterocycles. The average Bonchev–Trinajstić information content (AvgIpc) is 2.81. The van der Waals surface area contributed by atoms with Crippen molar-refractivity contribution in [3.05, 3.63) is 29.8 Å². The average molecular weight is 330 g/mol. The summed E-state index contributed by atoms with van der Waals surface area (Å²) in [5.41, 5.74) is 1.11. The maximum absolute atomic E-state index is 12.4. The Morgan fingerprint density at radius 2 is 1.75 bits per heavy atom. The third-order valence-electron chi connectivity index (χ3n) is 4.47. The second-order valence-corrected chi connectivity index (χ2v) is 6.47. The molecule has 2 rings (SSSR count). The molecule has 1 fully saturated rings. The predicted octanol–water partition coefficient (Wildman–Crippen LogP) is 3.08. The molecule has 1 N–H and O–H groups in total. The summed E-state index contributed by atoms with van der Waals surface area (Å²) in [5.74, 6) is -0.430. The summed E-state index contributed by atoms with van der Waals surface area (Å²) in [5, 5.41) is 3.05. The lowest BCUT2D eigenvalue weighted by Crippen LogP contribution is -2.43. The van der Waals surface area contributed by atoms with E-state index in [4.69, 9.17) is 0 Å². The molecule has 0 unspecified atom stereocenters. The molecule has 1 aromatic carbocycles. The molecule has 0 spiro atoms. The maximum atomic E-state index is 12.4. The van der Waals surface area contributed by atoms with E-state index in [-0.39, 0.29) is 30.2 Å². The summed E-state index contributed by atoms with van der Waals surface area (Å²) in [6, 6.07) is 7.04. The van der Waals surface area contributed by atoms with Gasteiger partial charge in [-0.3, -0.25) is 14.4 Å². The normalized spacial score (nSPS) is 15.4. The van der Waals surface area contributed by atoms with Crippen molar-refractivity contribution >= 4 is 23.3 Å². The van der Waals surface area contributed by atoms with Gasteiger partial charge in [0.15, 0.2) is 5.78 Å². The van der Waals surface area contributed by atoms with Crippen molar-refractivity contribution in [3.8, 4) is 0 Å². The molecular weight excluding hydrogens is 304 g/mol. The molecule has 1 aliphatic carbocycles. The van der Waals surface area contributed by atoms with Crippen LogP contribution in [0.5, 0.6) is 0 Å². The number of carbonyl (C=O) groups is 3. The summed E-state index contributed by atoms with van der Waals surface area (Å²) in [4.78, 5) is 37.3. The Morgan fingerprint density at radius 3 is 2.33 bits per heavy atom. The Labute approximate surface area is 143 Å². The lowest BCUT2D eigenvalue weighted by molar-refractivity contribution is -0.123. The van der Waals surface area contributed by atoms with Crippen molar-refractivity contribution in [2.45, 2.75) is 58.4 Å². The van der Waals surface area contributed by atoms with Gasteiger partial charge in [-0.25, -0.2) is 0 Å². The lowest BCUT2D eigenvalue weighted by Gasteiger charge is -2.23. The minimum absolute atomic E-state index is 0.0206. The van der Waals surface area contributed by atoms with Gasteiger partial charge in [0.25, 0.3) is 0 Å². The van der Waals surface area contributed by atoms with E-state index in [2.05, 4.69) is 5.32 Å². The van der Waals surface area contributed by atoms with Crippen LogP contribution in [-0.4, -0.2) is 30.2 Å². The van der Waals surface area contributed by atoms with Crippen LogP contribution >= 0.6 is 0 Å². The Kier molecular flexibility index (Phi) is 6.53. The fourth-order valence-corrected chi connectivity index (χ4v) is 3.12. The van der Waals surface area contributed by atoms with Crippen LogP contribution in [0.1, 0.15) is 62.7 Å². The SMILES string of the molecule is CC(=O)c1cccc(N(CC(=O)NC2CCCCCC2)C(C)=O)c1. The van der Waals surface area contributed by atoms with Gasteiger partial charge in [-0.15, -0.1) is 0 Å². The monoisotopic (exact) mass is 330 g/mol. The molecule has 0 bridgehead atoms. The molecule has 5 nitrogen and oxygen atoms in total. The number of carbonyl (C=O) groups excluding carboxylic acids is 3. The number of anilines is 1. The molecule has 0 aromatic heterocycles. The second-order valence-electron chi connectivity index (χ2n) is 6.47. The maximum Gasteiger partial charge on any atom is 0.240 e. The summed E-state index contributed by atoms with van der Waals surface area (Å²) < 4.78 is 0. The minimum atomic E-state index is -0.216. The summed E-state index contributed by atoms with van der Waals surface area (Å²) in [7, 11) is 0. The number of nitrogens with zero attached hydrogens (tertiary/aromatic N) is 1. The molecule has 0 saturated heterocycles. The molecule has 0 radical (unpaired) electrons. The zero-order chi connectivity index (χ0) is 17.5. The van der Waals surface area contributed by atoms with E-state index in [0.717, 1.165) is 25.7 Å². The number of nitrogens with one attached hydrogen (secondary N) is 1. The van der Waals surface area contributed by atoms with Crippen molar-refractivity contribution in [1.82, 2.24) is 5.32 Å². The minimum Gasteiger partial charge on any atom is -0.352 e. The van der Waals surface area contributed by atoms with Crippen molar-refractivity contribution in [2.24, 2.45) is 0 Å². The lowest BCUT2D eigenvalue weighted by atomic mass is 10.1. The van der Waals surface area contributed by atoms with E-state index < -0.39 is 0 Å². The number of amides is 2. The Hall–Kier alpha value is -2.17. The molecule has 1 saturated carbocycles. The third kappa shape index (κ3) is 5.18. The smallest absolute Gasteiger partial charge is 0.240 e. The molecule has 5 heteroatoms. The highest BCUT2D eigenvalue weighted by molar-refractivity contribution is 6.00. The first-order valence-corrected chi connectivity index (χ1v) is 8.66. The topological polar surface area (TPSA) is 66.5 Å². The van der Waals surface area contributed by atoms with Crippen LogP contribution in [0.25, 0.3) is 0 Å². The Morgan fingerprint density at radius 1 is 1.08 bits per heavy atom.